The first kappa shape index (κ1) is 13.7. The fourth-order valence-corrected chi connectivity index (χ4v) is 2.86. The van der Waals surface area contributed by atoms with Gasteiger partial charge in [-0.2, -0.15) is 16.9 Å². The molecule has 0 aromatic carbocycles. The quantitative estimate of drug-likeness (QED) is 0.814. The van der Waals surface area contributed by atoms with Crippen LogP contribution < -0.4 is 10.9 Å². The van der Waals surface area contributed by atoms with Crippen LogP contribution in [0.2, 0.25) is 0 Å². The third kappa shape index (κ3) is 2.80. The fourth-order valence-electron chi connectivity index (χ4n) is 1.69. The number of thioether (sulfide) groups is 1. The lowest BCUT2D eigenvalue weighted by molar-refractivity contribution is 0.648. The van der Waals surface area contributed by atoms with Crippen molar-refractivity contribution in [2.45, 2.75) is 24.1 Å². The van der Waals surface area contributed by atoms with E-state index in [4.69, 9.17) is 0 Å². The van der Waals surface area contributed by atoms with Gasteiger partial charge in [0.2, 0.25) is 0 Å². The number of aromatic nitrogens is 2. The van der Waals surface area contributed by atoms with Crippen molar-refractivity contribution < 1.29 is 0 Å². The van der Waals surface area contributed by atoms with Crippen LogP contribution >= 0.6 is 27.7 Å². The molecule has 4 nitrogen and oxygen atoms in total. The summed E-state index contributed by atoms with van der Waals surface area (Å²) >= 11 is 5.22. The maximum atomic E-state index is 11.9. The largest absolute Gasteiger partial charge is 0.381 e. The second kappa shape index (κ2) is 5.48. The van der Waals surface area contributed by atoms with Gasteiger partial charge < -0.3 is 5.32 Å². The summed E-state index contributed by atoms with van der Waals surface area (Å²) in [6.45, 7) is 4.90. The molecule has 6 heteroatoms. The Kier molecular flexibility index (Phi) is 4.17. The Balaban J connectivity index is 2.12. The van der Waals surface area contributed by atoms with Crippen molar-refractivity contribution in [3.63, 3.8) is 0 Å². The molecule has 1 aromatic rings. The van der Waals surface area contributed by atoms with Gasteiger partial charge in [-0.1, -0.05) is 6.08 Å². The summed E-state index contributed by atoms with van der Waals surface area (Å²) < 4.78 is 2.27. The lowest BCUT2D eigenvalue weighted by atomic mass is 10.3. The predicted molar refractivity (Wildman–Crippen MR) is 80.4 cm³/mol. The van der Waals surface area contributed by atoms with Gasteiger partial charge >= 0.3 is 0 Å². The number of nitrogens with one attached hydrogen (secondary N) is 1. The van der Waals surface area contributed by atoms with Crippen LogP contribution in [-0.2, 0) is 6.54 Å². The molecule has 0 unspecified atom stereocenters. The average molecular weight is 330 g/mol. The van der Waals surface area contributed by atoms with E-state index in [0.29, 0.717) is 15.8 Å². The van der Waals surface area contributed by atoms with E-state index in [0.717, 1.165) is 12.2 Å². The van der Waals surface area contributed by atoms with Crippen molar-refractivity contribution in [2.24, 2.45) is 0 Å². The fraction of sp³-hybridized carbons (Fsp3) is 0.500. The first-order valence-corrected chi connectivity index (χ1v) is 7.79. The van der Waals surface area contributed by atoms with Crippen LogP contribution in [0.1, 0.15) is 12.8 Å². The molecule has 0 amide bonds. The lowest BCUT2D eigenvalue weighted by Crippen LogP contribution is -2.25. The number of halogens is 1. The number of hydrogen-bond donors (Lipinski definition) is 1. The topological polar surface area (TPSA) is 46.9 Å². The smallest absolute Gasteiger partial charge is 0.283 e. The number of rotatable bonds is 6. The number of anilines is 1. The SMILES string of the molecule is C=CCn1ncc(NCC2(SC)CC2)c(Br)c1=O. The van der Waals surface area contributed by atoms with Crippen molar-refractivity contribution in [3.8, 4) is 0 Å². The standard InChI is InChI=1S/C12H16BrN3OS/c1-3-6-16-11(17)10(13)9(7-15-16)14-8-12(18-2)4-5-12/h3,7,14H,1,4-6,8H2,2H3. The molecule has 0 saturated heterocycles. The Hall–Kier alpha value is -0.750. The Morgan fingerprint density at radius 2 is 2.44 bits per heavy atom. The minimum absolute atomic E-state index is 0.131. The second-order valence-corrected chi connectivity index (χ2v) is 6.46. The molecule has 0 atom stereocenters. The molecule has 1 aromatic heterocycles. The first-order valence-electron chi connectivity index (χ1n) is 5.77. The van der Waals surface area contributed by atoms with Gasteiger partial charge in [-0.25, -0.2) is 4.68 Å². The van der Waals surface area contributed by atoms with Gasteiger partial charge in [0.25, 0.3) is 5.56 Å². The van der Waals surface area contributed by atoms with Gasteiger partial charge in [0, 0.05) is 11.3 Å². The second-order valence-electron chi connectivity index (χ2n) is 4.39. The Morgan fingerprint density at radius 3 is 3.00 bits per heavy atom. The molecular formula is C12H16BrN3OS. The van der Waals surface area contributed by atoms with E-state index in [-0.39, 0.29) is 5.56 Å². The molecule has 1 saturated carbocycles. The maximum absolute atomic E-state index is 11.9. The summed E-state index contributed by atoms with van der Waals surface area (Å²) in [4.78, 5) is 11.9. The van der Waals surface area contributed by atoms with Gasteiger partial charge in [-0.15, -0.1) is 6.58 Å². The highest BCUT2D eigenvalue weighted by Crippen LogP contribution is 2.47. The molecule has 1 aliphatic rings. The lowest BCUT2D eigenvalue weighted by Gasteiger charge is -2.15. The van der Waals surface area contributed by atoms with Crippen LogP contribution in [0.3, 0.4) is 0 Å². The molecule has 1 aliphatic carbocycles. The number of hydrogen-bond acceptors (Lipinski definition) is 4. The Bertz CT molecular complexity index is 511. The predicted octanol–water partition coefficient (Wildman–Crippen LogP) is 2.50. The summed E-state index contributed by atoms with van der Waals surface area (Å²) in [5.41, 5.74) is 0.634. The summed E-state index contributed by atoms with van der Waals surface area (Å²) in [6, 6.07) is 0. The summed E-state index contributed by atoms with van der Waals surface area (Å²) in [5, 5.41) is 7.42. The molecule has 2 rings (SSSR count). The molecule has 0 bridgehead atoms. The van der Waals surface area contributed by atoms with Crippen LogP contribution in [0.25, 0.3) is 0 Å². The Labute approximate surface area is 119 Å². The molecule has 0 radical (unpaired) electrons. The summed E-state index contributed by atoms with van der Waals surface area (Å²) in [5.74, 6) is 0. The van der Waals surface area contributed by atoms with Crippen LogP contribution in [-0.4, -0.2) is 27.3 Å². The summed E-state index contributed by atoms with van der Waals surface area (Å²) in [7, 11) is 0. The highest BCUT2D eigenvalue weighted by molar-refractivity contribution is 9.10. The molecule has 0 aliphatic heterocycles. The number of allylic oxidation sites excluding steroid dienone is 1. The van der Waals surface area contributed by atoms with Gasteiger partial charge in [-0.05, 0) is 35.0 Å². The van der Waals surface area contributed by atoms with E-state index in [1.807, 2.05) is 11.8 Å². The Morgan fingerprint density at radius 1 is 1.72 bits per heavy atom. The summed E-state index contributed by atoms with van der Waals surface area (Å²) in [6.07, 6.45) is 7.94. The first-order chi connectivity index (χ1) is 8.62. The van der Waals surface area contributed by atoms with Crippen molar-refractivity contribution in [2.75, 3.05) is 18.1 Å². The van der Waals surface area contributed by atoms with Crippen molar-refractivity contribution in [1.82, 2.24) is 9.78 Å². The maximum Gasteiger partial charge on any atom is 0.283 e. The molecule has 1 heterocycles. The normalized spacial score (nSPS) is 16.3. The van der Waals surface area contributed by atoms with E-state index in [2.05, 4.69) is 39.2 Å². The van der Waals surface area contributed by atoms with Gasteiger partial charge in [0.15, 0.2) is 0 Å². The molecule has 0 spiro atoms. The van der Waals surface area contributed by atoms with Crippen LogP contribution in [0.5, 0.6) is 0 Å². The molecule has 18 heavy (non-hydrogen) atoms. The van der Waals surface area contributed by atoms with E-state index < -0.39 is 0 Å². The molecule has 98 valence electrons. The minimum Gasteiger partial charge on any atom is -0.381 e. The molecular weight excluding hydrogens is 314 g/mol. The zero-order valence-corrected chi connectivity index (χ0v) is 12.7. The van der Waals surface area contributed by atoms with E-state index >= 15 is 0 Å². The molecule has 1 N–H and O–H groups in total. The van der Waals surface area contributed by atoms with E-state index in [1.165, 1.54) is 17.5 Å². The van der Waals surface area contributed by atoms with Crippen molar-refractivity contribution >= 4 is 33.4 Å². The average Bonchev–Trinajstić information content (AvgIpc) is 3.15. The monoisotopic (exact) mass is 329 g/mol. The minimum atomic E-state index is -0.131. The van der Waals surface area contributed by atoms with Gasteiger partial charge in [0.05, 0.1) is 18.4 Å². The van der Waals surface area contributed by atoms with E-state index in [9.17, 15) is 4.79 Å². The van der Waals surface area contributed by atoms with Crippen LogP contribution in [0.15, 0.2) is 28.1 Å². The zero-order valence-electron chi connectivity index (χ0n) is 10.3. The third-order valence-corrected chi connectivity index (χ3v) is 5.31. The van der Waals surface area contributed by atoms with Gasteiger partial charge in [0.1, 0.15) is 4.47 Å². The highest BCUT2D eigenvalue weighted by atomic mass is 79.9. The van der Waals surface area contributed by atoms with Crippen LogP contribution in [0.4, 0.5) is 5.69 Å². The highest BCUT2D eigenvalue weighted by Gasteiger charge is 2.41. The van der Waals surface area contributed by atoms with Gasteiger partial charge in [-0.3, -0.25) is 4.79 Å². The van der Waals surface area contributed by atoms with Crippen molar-refractivity contribution in [1.29, 1.82) is 0 Å². The zero-order chi connectivity index (χ0) is 13.2. The third-order valence-electron chi connectivity index (χ3n) is 3.13. The van der Waals surface area contributed by atoms with Crippen molar-refractivity contribution in [3.05, 3.63) is 33.7 Å². The number of nitrogens with zero attached hydrogens (tertiary/aromatic N) is 2. The van der Waals surface area contributed by atoms with Crippen LogP contribution in [0, 0.1) is 0 Å². The molecule has 1 fully saturated rings. The van der Waals surface area contributed by atoms with E-state index in [1.54, 1.807) is 12.3 Å².